The van der Waals surface area contributed by atoms with Crippen molar-refractivity contribution in [1.29, 1.82) is 0 Å². The highest BCUT2D eigenvalue weighted by atomic mass is 79.9. The number of methoxy groups -OCH3 is 1. The maximum atomic E-state index is 13.7. The zero-order valence-electron chi connectivity index (χ0n) is 16.5. The lowest BCUT2D eigenvalue weighted by atomic mass is 9.92. The van der Waals surface area contributed by atoms with Crippen LogP contribution in [0.4, 0.5) is 0 Å². The van der Waals surface area contributed by atoms with Gasteiger partial charge in [-0.1, -0.05) is 53.5 Å². The fraction of sp³-hybridized carbons (Fsp3) is 0.227. The third-order valence-corrected chi connectivity index (χ3v) is 7.46. The monoisotopic (exact) mass is 473 g/mol. The molecule has 2 aromatic carbocycles. The van der Waals surface area contributed by atoms with E-state index in [0.29, 0.717) is 27.7 Å². The summed E-state index contributed by atoms with van der Waals surface area (Å²) in [7, 11) is -2.56. The molecule has 0 radical (unpaired) electrons. The van der Waals surface area contributed by atoms with Crippen LogP contribution in [0.2, 0.25) is 0 Å². The molecular formula is C22H20BrNO4S. The minimum Gasteiger partial charge on any atom is -0.465 e. The summed E-state index contributed by atoms with van der Waals surface area (Å²) >= 11 is 3.46. The molecule has 0 saturated heterocycles. The Morgan fingerprint density at radius 2 is 1.76 bits per heavy atom. The third kappa shape index (κ3) is 2.95. The Labute approximate surface area is 178 Å². The van der Waals surface area contributed by atoms with Crippen LogP contribution >= 0.6 is 15.9 Å². The number of fused-ring (bicyclic) bond motifs is 3. The van der Waals surface area contributed by atoms with Crippen LogP contribution < -0.4 is 0 Å². The SMILES string of the molecule is COC(=O)C1=CC(C)(C)c2c1c1cc(Br)ccc1n2S(=O)(=O)c1ccc(C)cc1. The van der Waals surface area contributed by atoms with Gasteiger partial charge in [-0.05, 0) is 37.3 Å². The smallest absolute Gasteiger partial charge is 0.338 e. The molecule has 1 heterocycles. The largest absolute Gasteiger partial charge is 0.465 e. The van der Waals surface area contributed by atoms with Crippen molar-refractivity contribution in [3.63, 3.8) is 0 Å². The Morgan fingerprint density at radius 1 is 1.10 bits per heavy atom. The Balaban J connectivity index is 2.13. The lowest BCUT2D eigenvalue weighted by Crippen LogP contribution is -2.23. The number of ether oxygens (including phenoxy) is 1. The van der Waals surface area contributed by atoms with Crippen LogP contribution in [-0.2, 0) is 25.0 Å². The van der Waals surface area contributed by atoms with Gasteiger partial charge in [0.1, 0.15) is 0 Å². The van der Waals surface area contributed by atoms with E-state index in [2.05, 4.69) is 15.9 Å². The standard InChI is InChI=1S/C22H20BrNO4S/c1-13-5-8-15(9-6-13)29(26,27)24-18-10-7-14(23)11-16(18)19-17(21(25)28-4)12-22(2,3)20(19)24/h5-12H,1-4H3. The second-order valence-corrected chi connectivity index (χ2v) is 10.4. The first-order valence-electron chi connectivity index (χ1n) is 9.06. The first kappa shape index (κ1) is 19.9. The number of halogens is 1. The summed E-state index contributed by atoms with van der Waals surface area (Å²) in [4.78, 5) is 12.7. The lowest BCUT2D eigenvalue weighted by Gasteiger charge is -2.21. The number of aryl methyl sites for hydroxylation is 1. The summed E-state index contributed by atoms with van der Waals surface area (Å²) in [6.07, 6.45) is 1.78. The van der Waals surface area contributed by atoms with E-state index in [-0.39, 0.29) is 4.90 Å². The van der Waals surface area contributed by atoms with Crippen LogP contribution in [0.25, 0.3) is 16.5 Å². The van der Waals surface area contributed by atoms with Gasteiger partial charge < -0.3 is 4.74 Å². The summed E-state index contributed by atoms with van der Waals surface area (Å²) in [5.74, 6) is -0.483. The predicted molar refractivity (Wildman–Crippen MR) is 116 cm³/mol. The molecule has 150 valence electrons. The highest BCUT2D eigenvalue weighted by Gasteiger charge is 2.42. The number of nitrogens with zero attached hydrogens (tertiary/aromatic N) is 1. The van der Waals surface area contributed by atoms with E-state index in [4.69, 9.17) is 4.74 Å². The maximum Gasteiger partial charge on any atom is 0.338 e. The molecule has 0 amide bonds. The topological polar surface area (TPSA) is 65.4 Å². The Bertz CT molecular complexity index is 1300. The number of allylic oxidation sites excluding steroid dienone is 1. The first-order chi connectivity index (χ1) is 13.6. The second-order valence-electron chi connectivity index (χ2n) is 7.74. The zero-order chi connectivity index (χ0) is 21.1. The van der Waals surface area contributed by atoms with Gasteiger partial charge in [0.15, 0.2) is 0 Å². The molecule has 0 aliphatic heterocycles. The van der Waals surface area contributed by atoms with Crippen molar-refractivity contribution in [1.82, 2.24) is 3.97 Å². The van der Waals surface area contributed by atoms with Crippen molar-refractivity contribution in [2.75, 3.05) is 7.11 Å². The molecule has 3 aromatic rings. The minimum atomic E-state index is -3.89. The molecule has 0 saturated carbocycles. The Hall–Kier alpha value is -2.38. The highest BCUT2D eigenvalue weighted by Crippen LogP contribution is 2.47. The van der Waals surface area contributed by atoms with E-state index in [1.165, 1.54) is 11.1 Å². The van der Waals surface area contributed by atoms with Crippen molar-refractivity contribution >= 4 is 48.4 Å². The van der Waals surface area contributed by atoms with E-state index >= 15 is 0 Å². The van der Waals surface area contributed by atoms with Crippen LogP contribution in [0.5, 0.6) is 0 Å². The number of hydrogen-bond donors (Lipinski definition) is 0. The van der Waals surface area contributed by atoms with Gasteiger partial charge in [-0.25, -0.2) is 17.2 Å². The minimum absolute atomic E-state index is 0.202. The fourth-order valence-electron chi connectivity index (χ4n) is 3.93. The van der Waals surface area contributed by atoms with E-state index < -0.39 is 21.4 Å². The van der Waals surface area contributed by atoms with Gasteiger partial charge in [-0.2, -0.15) is 0 Å². The van der Waals surface area contributed by atoms with Gasteiger partial charge in [-0.15, -0.1) is 0 Å². The first-order valence-corrected chi connectivity index (χ1v) is 11.3. The molecule has 0 unspecified atom stereocenters. The number of benzene rings is 2. The van der Waals surface area contributed by atoms with Gasteiger partial charge in [0, 0.05) is 20.8 Å². The van der Waals surface area contributed by atoms with E-state index in [1.54, 1.807) is 42.5 Å². The number of aromatic nitrogens is 1. The Morgan fingerprint density at radius 3 is 2.38 bits per heavy atom. The van der Waals surface area contributed by atoms with Crippen LogP contribution in [0.3, 0.4) is 0 Å². The summed E-state index contributed by atoms with van der Waals surface area (Å²) in [6.45, 7) is 5.71. The average molecular weight is 474 g/mol. The predicted octanol–water partition coefficient (Wildman–Crippen LogP) is 4.80. The molecule has 1 aromatic heterocycles. The molecule has 0 bridgehead atoms. The normalized spacial score (nSPS) is 15.3. The molecule has 0 N–H and O–H groups in total. The molecule has 0 fully saturated rings. The molecule has 1 aliphatic rings. The van der Waals surface area contributed by atoms with E-state index in [9.17, 15) is 13.2 Å². The summed E-state index contributed by atoms with van der Waals surface area (Å²) in [5.41, 5.74) is 2.38. The molecule has 0 spiro atoms. The fourth-order valence-corrected chi connectivity index (χ4v) is 5.97. The van der Waals surface area contributed by atoms with Gasteiger partial charge in [0.2, 0.25) is 0 Å². The maximum absolute atomic E-state index is 13.7. The molecule has 5 nitrogen and oxygen atoms in total. The zero-order valence-corrected chi connectivity index (χ0v) is 18.9. The van der Waals surface area contributed by atoms with Crippen molar-refractivity contribution in [2.24, 2.45) is 0 Å². The third-order valence-electron chi connectivity index (χ3n) is 5.24. The van der Waals surface area contributed by atoms with Crippen molar-refractivity contribution in [3.05, 3.63) is 69.8 Å². The summed E-state index contributed by atoms with van der Waals surface area (Å²) in [6, 6.07) is 12.2. The molecule has 1 aliphatic carbocycles. The van der Waals surface area contributed by atoms with Gasteiger partial charge >= 0.3 is 5.97 Å². The number of hydrogen-bond acceptors (Lipinski definition) is 4. The number of carbonyl (C=O) groups is 1. The number of rotatable bonds is 3. The van der Waals surface area contributed by atoms with Crippen LogP contribution in [-0.4, -0.2) is 25.5 Å². The van der Waals surface area contributed by atoms with Crippen molar-refractivity contribution in [2.45, 2.75) is 31.1 Å². The van der Waals surface area contributed by atoms with Crippen LogP contribution in [0.15, 0.2) is 57.9 Å². The van der Waals surface area contributed by atoms with Crippen molar-refractivity contribution in [3.8, 4) is 0 Å². The molecule has 7 heteroatoms. The second kappa shape index (κ2) is 6.57. The van der Waals surface area contributed by atoms with E-state index in [1.807, 2.05) is 26.8 Å². The van der Waals surface area contributed by atoms with Gasteiger partial charge in [0.05, 0.1) is 28.8 Å². The number of carbonyl (C=O) groups excluding carboxylic acids is 1. The Kier molecular flexibility index (Phi) is 4.51. The summed E-state index contributed by atoms with van der Waals surface area (Å²) < 4.78 is 34.6. The van der Waals surface area contributed by atoms with Gasteiger partial charge in [0.25, 0.3) is 10.0 Å². The van der Waals surface area contributed by atoms with E-state index in [0.717, 1.165) is 10.0 Å². The molecular weight excluding hydrogens is 454 g/mol. The molecule has 29 heavy (non-hydrogen) atoms. The number of esters is 1. The lowest BCUT2D eigenvalue weighted by molar-refractivity contribution is -0.133. The van der Waals surface area contributed by atoms with Crippen LogP contribution in [0.1, 0.15) is 30.7 Å². The quantitative estimate of drug-likeness (QED) is 0.512. The van der Waals surface area contributed by atoms with Gasteiger partial charge in [-0.3, -0.25) is 0 Å². The summed E-state index contributed by atoms with van der Waals surface area (Å²) in [5, 5.41) is 0.687. The average Bonchev–Trinajstić information content (AvgIpc) is 3.14. The molecule has 4 rings (SSSR count). The highest BCUT2D eigenvalue weighted by molar-refractivity contribution is 9.10. The van der Waals surface area contributed by atoms with Crippen LogP contribution in [0, 0.1) is 6.92 Å². The van der Waals surface area contributed by atoms with Crippen molar-refractivity contribution < 1.29 is 17.9 Å². The molecule has 0 atom stereocenters.